The summed E-state index contributed by atoms with van der Waals surface area (Å²) in [6.45, 7) is 0.346. The monoisotopic (exact) mass is 273 g/mol. The molecule has 102 valence electrons. The van der Waals surface area contributed by atoms with E-state index in [1.807, 2.05) is 17.7 Å². The number of benzene rings is 2. The second-order valence-electron chi connectivity index (χ2n) is 4.64. The molecule has 1 aromatic heterocycles. The highest BCUT2D eigenvalue weighted by Gasteiger charge is 2.07. The Bertz CT molecular complexity index is 747. The van der Waals surface area contributed by atoms with Gasteiger partial charge in [-0.1, -0.05) is 0 Å². The van der Waals surface area contributed by atoms with Crippen molar-refractivity contribution in [2.75, 3.05) is 0 Å². The average Bonchev–Trinajstić information content (AvgIpc) is 2.75. The van der Waals surface area contributed by atoms with Gasteiger partial charge in [0.25, 0.3) is 0 Å². The molecule has 0 N–H and O–H groups in total. The largest absolute Gasteiger partial charge is 0.487 e. The van der Waals surface area contributed by atoms with Crippen molar-refractivity contribution in [1.82, 2.24) is 4.57 Å². The number of aromatic nitrogens is 1. The van der Waals surface area contributed by atoms with Crippen LogP contribution in [0.15, 0.2) is 48.5 Å². The summed E-state index contributed by atoms with van der Waals surface area (Å²) in [5.41, 5.74) is 1.75. The molecule has 0 aliphatic rings. The van der Waals surface area contributed by atoms with Crippen molar-refractivity contribution in [3.63, 3.8) is 0 Å². The van der Waals surface area contributed by atoms with Crippen molar-refractivity contribution < 1.29 is 13.5 Å². The van der Waals surface area contributed by atoms with Gasteiger partial charge in [0.1, 0.15) is 24.0 Å². The molecule has 0 unspecified atom stereocenters. The van der Waals surface area contributed by atoms with Crippen LogP contribution in [0.5, 0.6) is 5.75 Å². The third kappa shape index (κ3) is 2.37. The fourth-order valence-electron chi connectivity index (χ4n) is 2.19. The minimum Gasteiger partial charge on any atom is -0.487 e. The lowest BCUT2D eigenvalue weighted by molar-refractivity contribution is 0.297. The minimum atomic E-state index is -0.294. The van der Waals surface area contributed by atoms with Gasteiger partial charge in [0.15, 0.2) is 0 Å². The van der Waals surface area contributed by atoms with E-state index in [9.17, 15) is 8.78 Å². The van der Waals surface area contributed by atoms with Gasteiger partial charge in [-0.2, -0.15) is 0 Å². The van der Waals surface area contributed by atoms with Crippen LogP contribution in [0.3, 0.4) is 0 Å². The van der Waals surface area contributed by atoms with E-state index < -0.39 is 0 Å². The van der Waals surface area contributed by atoms with Crippen molar-refractivity contribution in [1.29, 1.82) is 0 Å². The van der Waals surface area contributed by atoms with Crippen LogP contribution in [0.1, 0.15) is 5.69 Å². The maximum atomic E-state index is 13.2. The van der Waals surface area contributed by atoms with Gasteiger partial charge in [-0.25, -0.2) is 8.78 Å². The topological polar surface area (TPSA) is 14.2 Å². The first-order valence-corrected chi connectivity index (χ1v) is 6.26. The highest BCUT2D eigenvalue weighted by Crippen LogP contribution is 2.21. The molecule has 2 aromatic carbocycles. The van der Waals surface area contributed by atoms with E-state index in [1.54, 1.807) is 18.2 Å². The van der Waals surface area contributed by atoms with Crippen molar-refractivity contribution in [2.24, 2.45) is 7.05 Å². The summed E-state index contributed by atoms with van der Waals surface area (Å²) in [4.78, 5) is 0. The molecule has 1 heterocycles. The third-order valence-electron chi connectivity index (χ3n) is 3.31. The quantitative estimate of drug-likeness (QED) is 0.702. The first-order valence-electron chi connectivity index (χ1n) is 6.26. The van der Waals surface area contributed by atoms with Crippen LogP contribution in [0.2, 0.25) is 0 Å². The van der Waals surface area contributed by atoms with E-state index in [-0.39, 0.29) is 11.6 Å². The van der Waals surface area contributed by atoms with Crippen molar-refractivity contribution in [3.8, 4) is 5.75 Å². The van der Waals surface area contributed by atoms with Gasteiger partial charge < -0.3 is 9.30 Å². The van der Waals surface area contributed by atoms with Gasteiger partial charge in [0.2, 0.25) is 0 Å². The number of hydrogen-bond acceptors (Lipinski definition) is 1. The maximum Gasteiger partial charge on any atom is 0.128 e. The normalized spacial score (nSPS) is 10.9. The number of nitrogens with zero attached hydrogens (tertiary/aromatic N) is 1. The van der Waals surface area contributed by atoms with Gasteiger partial charge in [-0.05, 0) is 48.5 Å². The number of aryl methyl sites for hydroxylation is 1. The summed E-state index contributed by atoms with van der Waals surface area (Å²) < 4.78 is 33.5. The number of fused-ring (bicyclic) bond motifs is 1. The highest BCUT2D eigenvalue weighted by atomic mass is 19.1. The summed E-state index contributed by atoms with van der Waals surface area (Å²) in [5.74, 6) is 0.0463. The first kappa shape index (κ1) is 12.7. The molecule has 0 saturated carbocycles. The first-order chi connectivity index (χ1) is 9.63. The predicted molar refractivity (Wildman–Crippen MR) is 73.6 cm³/mol. The van der Waals surface area contributed by atoms with E-state index in [4.69, 9.17) is 4.74 Å². The molecule has 3 rings (SSSR count). The summed E-state index contributed by atoms with van der Waals surface area (Å²) in [6.07, 6.45) is 0. The highest BCUT2D eigenvalue weighted by molar-refractivity contribution is 5.81. The van der Waals surface area contributed by atoms with Crippen molar-refractivity contribution in [2.45, 2.75) is 6.61 Å². The van der Waals surface area contributed by atoms with Crippen molar-refractivity contribution in [3.05, 3.63) is 65.9 Å². The molecule has 0 amide bonds. The van der Waals surface area contributed by atoms with Crippen LogP contribution in [-0.2, 0) is 13.7 Å². The maximum absolute atomic E-state index is 13.2. The summed E-state index contributed by atoms with van der Waals surface area (Å²) in [5, 5.41) is 0.964. The Morgan fingerprint density at radius 3 is 2.40 bits per heavy atom. The minimum absolute atomic E-state index is 0.260. The van der Waals surface area contributed by atoms with E-state index in [0.29, 0.717) is 12.4 Å². The van der Waals surface area contributed by atoms with Crippen LogP contribution in [-0.4, -0.2) is 4.57 Å². The Morgan fingerprint density at radius 1 is 0.950 bits per heavy atom. The lowest BCUT2D eigenvalue weighted by Crippen LogP contribution is -2.01. The van der Waals surface area contributed by atoms with Crippen molar-refractivity contribution >= 4 is 10.9 Å². The molecule has 0 bridgehead atoms. The summed E-state index contributed by atoms with van der Waals surface area (Å²) >= 11 is 0. The molecule has 0 spiro atoms. The zero-order valence-corrected chi connectivity index (χ0v) is 10.9. The Hall–Kier alpha value is -2.36. The van der Waals surface area contributed by atoms with Crippen LogP contribution in [0, 0.1) is 11.6 Å². The van der Waals surface area contributed by atoms with Gasteiger partial charge in [-0.3, -0.25) is 0 Å². The number of rotatable bonds is 3. The molecule has 2 nitrogen and oxygen atoms in total. The SMILES string of the molecule is Cn1c(COc2ccc(F)cc2)cc2ccc(F)cc21. The molecule has 0 radical (unpaired) electrons. The van der Waals surface area contributed by atoms with Crippen LogP contribution in [0.25, 0.3) is 10.9 Å². The summed E-state index contributed by atoms with van der Waals surface area (Å²) in [7, 11) is 1.87. The van der Waals surface area contributed by atoms with Crippen LogP contribution < -0.4 is 4.74 Å². The van der Waals surface area contributed by atoms with Crippen LogP contribution >= 0.6 is 0 Å². The second kappa shape index (κ2) is 4.96. The van der Waals surface area contributed by atoms with E-state index in [2.05, 4.69) is 0 Å². The number of ether oxygens (including phenoxy) is 1. The molecule has 0 aliphatic heterocycles. The Morgan fingerprint density at radius 2 is 1.65 bits per heavy atom. The lowest BCUT2D eigenvalue weighted by atomic mass is 10.2. The zero-order chi connectivity index (χ0) is 14.1. The van der Waals surface area contributed by atoms with Gasteiger partial charge >= 0.3 is 0 Å². The lowest BCUT2D eigenvalue weighted by Gasteiger charge is -2.07. The van der Waals surface area contributed by atoms with E-state index in [1.165, 1.54) is 24.3 Å². The van der Waals surface area contributed by atoms with Crippen LogP contribution in [0.4, 0.5) is 8.78 Å². The number of hydrogen-bond donors (Lipinski definition) is 0. The molecule has 0 atom stereocenters. The summed E-state index contributed by atoms with van der Waals surface area (Å²) in [6, 6.07) is 12.5. The predicted octanol–water partition coefficient (Wildman–Crippen LogP) is 4.04. The average molecular weight is 273 g/mol. The van der Waals surface area contributed by atoms with Gasteiger partial charge in [0, 0.05) is 12.4 Å². The fraction of sp³-hybridized carbons (Fsp3) is 0.125. The fourth-order valence-corrected chi connectivity index (χ4v) is 2.19. The van der Waals surface area contributed by atoms with Gasteiger partial charge in [0.05, 0.1) is 11.2 Å². The molecule has 4 heteroatoms. The molecule has 20 heavy (non-hydrogen) atoms. The van der Waals surface area contributed by atoms with Gasteiger partial charge in [-0.15, -0.1) is 0 Å². The third-order valence-corrected chi connectivity index (χ3v) is 3.31. The zero-order valence-electron chi connectivity index (χ0n) is 10.9. The molecule has 0 aliphatic carbocycles. The Balaban J connectivity index is 1.84. The smallest absolute Gasteiger partial charge is 0.128 e. The Labute approximate surface area is 115 Å². The molecular weight excluding hydrogens is 260 g/mol. The standard InChI is InChI=1S/C16H13F2NO/c1-19-14(8-11-2-3-13(18)9-16(11)19)10-20-15-6-4-12(17)5-7-15/h2-9H,10H2,1H3. The molecule has 0 saturated heterocycles. The number of halogens is 2. The molecule has 0 fully saturated rings. The Kier molecular flexibility index (Phi) is 3.14. The molecule has 3 aromatic rings. The van der Waals surface area contributed by atoms with E-state index in [0.717, 1.165) is 16.6 Å². The molecular formula is C16H13F2NO. The second-order valence-corrected chi connectivity index (χ2v) is 4.64. The van der Waals surface area contributed by atoms with E-state index >= 15 is 0 Å².